The van der Waals surface area contributed by atoms with Gasteiger partial charge in [-0.25, -0.2) is 0 Å². The molecule has 3 aromatic rings. The van der Waals surface area contributed by atoms with Crippen molar-refractivity contribution < 1.29 is 4.42 Å². The van der Waals surface area contributed by atoms with Gasteiger partial charge in [-0.3, -0.25) is 4.79 Å². The molecule has 2 heteroatoms. The van der Waals surface area contributed by atoms with Crippen molar-refractivity contribution in [2.75, 3.05) is 0 Å². The zero-order chi connectivity index (χ0) is 18.2. The van der Waals surface area contributed by atoms with E-state index >= 15 is 0 Å². The van der Waals surface area contributed by atoms with E-state index in [0.717, 1.165) is 37.0 Å². The number of allylic oxidation sites excluding steroid dienone is 2. The predicted molar refractivity (Wildman–Crippen MR) is 110 cm³/mol. The first-order valence-corrected chi connectivity index (χ1v) is 10.1. The molecule has 0 spiro atoms. The quantitative estimate of drug-likeness (QED) is 0.516. The average molecular weight is 356 g/mol. The fourth-order valence-electron chi connectivity index (χ4n) is 4.90. The molecule has 5 rings (SSSR count). The van der Waals surface area contributed by atoms with Gasteiger partial charge in [0.05, 0.1) is 10.9 Å². The number of hydrogen-bond acceptors (Lipinski definition) is 2. The van der Waals surface area contributed by atoms with Gasteiger partial charge < -0.3 is 4.42 Å². The molecule has 0 radical (unpaired) electrons. The van der Waals surface area contributed by atoms with Gasteiger partial charge in [-0.05, 0) is 49.0 Å². The Bertz CT molecular complexity index is 1070. The molecule has 2 aromatic carbocycles. The fraction of sp³-hybridized carbons (Fsp3) is 0.320. The van der Waals surface area contributed by atoms with Crippen molar-refractivity contribution in [3.8, 4) is 0 Å². The Morgan fingerprint density at radius 3 is 2.41 bits per heavy atom. The van der Waals surface area contributed by atoms with Gasteiger partial charge in [-0.15, -0.1) is 0 Å². The molecule has 2 aliphatic rings. The lowest BCUT2D eigenvalue weighted by atomic mass is 9.73. The largest absolute Gasteiger partial charge is 0.460 e. The Balaban J connectivity index is 1.77. The molecule has 27 heavy (non-hydrogen) atoms. The first kappa shape index (κ1) is 16.6. The van der Waals surface area contributed by atoms with Crippen LogP contribution in [-0.2, 0) is 6.42 Å². The molecule has 0 N–H and O–H groups in total. The summed E-state index contributed by atoms with van der Waals surface area (Å²) in [5, 5.41) is 0.711. The van der Waals surface area contributed by atoms with E-state index in [1.807, 2.05) is 24.3 Å². The van der Waals surface area contributed by atoms with E-state index in [1.54, 1.807) is 0 Å². The van der Waals surface area contributed by atoms with E-state index in [0.29, 0.717) is 16.9 Å². The molecule has 0 fully saturated rings. The van der Waals surface area contributed by atoms with Crippen LogP contribution in [0.25, 0.3) is 16.5 Å². The second-order valence-corrected chi connectivity index (χ2v) is 7.81. The minimum absolute atomic E-state index is 0.159. The van der Waals surface area contributed by atoms with Gasteiger partial charge in [0.1, 0.15) is 11.3 Å². The van der Waals surface area contributed by atoms with Crippen LogP contribution in [0.4, 0.5) is 0 Å². The number of rotatable bonds is 1. The van der Waals surface area contributed by atoms with Crippen LogP contribution in [0.15, 0.2) is 69.4 Å². The van der Waals surface area contributed by atoms with E-state index in [2.05, 4.69) is 30.3 Å². The number of para-hydroxylation sites is 1. The highest BCUT2D eigenvalue weighted by Gasteiger charge is 2.32. The molecule has 1 atom stereocenters. The summed E-state index contributed by atoms with van der Waals surface area (Å²) in [4.78, 5) is 13.4. The Morgan fingerprint density at radius 1 is 0.815 bits per heavy atom. The molecule has 0 saturated carbocycles. The third-order valence-corrected chi connectivity index (χ3v) is 6.20. The standard InChI is InChI=1S/C25H24O2/c26-25-20-14-8-9-15-22(20)27-23-16-21(17-10-4-3-5-11-17)18-12-6-1-2-7-13-19(18)24(23)25/h3-5,8-11,14-15,21H,1-2,6-7,12-13,16H2. The van der Waals surface area contributed by atoms with Crippen molar-refractivity contribution >= 4 is 16.5 Å². The Hall–Kier alpha value is -2.61. The van der Waals surface area contributed by atoms with Crippen molar-refractivity contribution in [2.45, 2.75) is 50.9 Å². The van der Waals surface area contributed by atoms with Crippen LogP contribution in [0.3, 0.4) is 0 Å². The third kappa shape index (κ3) is 2.84. The molecular formula is C25H24O2. The first-order valence-electron chi connectivity index (χ1n) is 10.1. The van der Waals surface area contributed by atoms with Gasteiger partial charge in [0, 0.05) is 12.3 Å². The maximum absolute atomic E-state index is 13.4. The second kappa shape index (κ2) is 6.84. The number of benzene rings is 2. The van der Waals surface area contributed by atoms with Crippen LogP contribution in [-0.4, -0.2) is 0 Å². The van der Waals surface area contributed by atoms with E-state index in [4.69, 9.17) is 4.42 Å². The minimum atomic E-state index is 0.159. The van der Waals surface area contributed by atoms with Crippen LogP contribution >= 0.6 is 0 Å². The van der Waals surface area contributed by atoms with Crippen LogP contribution in [0.2, 0.25) is 0 Å². The Labute approximate surface area is 159 Å². The monoisotopic (exact) mass is 356 g/mol. The molecule has 0 bridgehead atoms. The van der Waals surface area contributed by atoms with Crippen LogP contribution in [0, 0.1) is 0 Å². The average Bonchev–Trinajstić information content (AvgIpc) is 2.69. The molecule has 1 unspecified atom stereocenters. The summed E-state index contributed by atoms with van der Waals surface area (Å²) in [6.07, 6.45) is 7.80. The predicted octanol–water partition coefficient (Wildman–Crippen LogP) is 6.24. The molecule has 136 valence electrons. The van der Waals surface area contributed by atoms with Gasteiger partial charge in [-0.2, -0.15) is 0 Å². The maximum atomic E-state index is 13.4. The first-order chi connectivity index (χ1) is 13.3. The summed E-state index contributed by atoms with van der Waals surface area (Å²) in [5.41, 5.74) is 5.85. The van der Waals surface area contributed by atoms with Crippen molar-refractivity contribution in [1.29, 1.82) is 0 Å². The highest BCUT2D eigenvalue weighted by atomic mass is 16.3. The highest BCUT2D eigenvalue weighted by Crippen LogP contribution is 2.45. The molecule has 0 amide bonds. The van der Waals surface area contributed by atoms with E-state index < -0.39 is 0 Å². The summed E-state index contributed by atoms with van der Waals surface area (Å²) >= 11 is 0. The fourth-order valence-corrected chi connectivity index (χ4v) is 4.90. The SMILES string of the molecule is O=c1c2c(oc3ccccc13)CC(c1ccccc1)C1=C2CCCCCC1. The normalized spacial score (nSPS) is 19.9. The number of fused-ring (bicyclic) bond motifs is 3. The lowest BCUT2D eigenvalue weighted by molar-refractivity contribution is 0.498. The van der Waals surface area contributed by atoms with E-state index in [9.17, 15) is 4.79 Å². The van der Waals surface area contributed by atoms with E-state index in [-0.39, 0.29) is 5.43 Å². The van der Waals surface area contributed by atoms with Crippen LogP contribution in [0.1, 0.15) is 61.3 Å². The summed E-state index contributed by atoms with van der Waals surface area (Å²) in [6, 6.07) is 18.4. The summed E-state index contributed by atoms with van der Waals surface area (Å²) in [6.45, 7) is 0. The third-order valence-electron chi connectivity index (χ3n) is 6.20. The lowest BCUT2D eigenvalue weighted by Gasteiger charge is -2.31. The van der Waals surface area contributed by atoms with Crippen molar-refractivity contribution in [3.63, 3.8) is 0 Å². The van der Waals surface area contributed by atoms with Crippen molar-refractivity contribution in [1.82, 2.24) is 0 Å². The topological polar surface area (TPSA) is 30.2 Å². The summed E-state index contributed by atoms with van der Waals surface area (Å²) in [7, 11) is 0. The highest BCUT2D eigenvalue weighted by molar-refractivity contribution is 5.84. The molecule has 0 saturated heterocycles. The van der Waals surface area contributed by atoms with Crippen LogP contribution < -0.4 is 5.43 Å². The minimum Gasteiger partial charge on any atom is -0.460 e. The van der Waals surface area contributed by atoms with Gasteiger partial charge >= 0.3 is 0 Å². The van der Waals surface area contributed by atoms with Crippen molar-refractivity contribution in [2.24, 2.45) is 0 Å². The summed E-state index contributed by atoms with van der Waals surface area (Å²) in [5.74, 6) is 1.21. The second-order valence-electron chi connectivity index (χ2n) is 7.81. The van der Waals surface area contributed by atoms with Gasteiger partial charge in [0.15, 0.2) is 5.43 Å². The number of hydrogen-bond donors (Lipinski definition) is 0. The smallest absolute Gasteiger partial charge is 0.200 e. The maximum Gasteiger partial charge on any atom is 0.200 e. The molecule has 2 aliphatic carbocycles. The zero-order valence-corrected chi connectivity index (χ0v) is 15.5. The molecule has 1 aromatic heterocycles. The molecule has 1 heterocycles. The lowest BCUT2D eigenvalue weighted by Crippen LogP contribution is -2.22. The van der Waals surface area contributed by atoms with Gasteiger partial charge in [-0.1, -0.05) is 60.9 Å². The van der Waals surface area contributed by atoms with E-state index in [1.165, 1.54) is 36.0 Å². The van der Waals surface area contributed by atoms with Gasteiger partial charge in [0.25, 0.3) is 0 Å². The summed E-state index contributed by atoms with van der Waals surface area (Å²) < 4.78 is 6.30. The molecule has 0 aliphatic heterocycles. The Kier molecular flexibility index (Phi) is 4.20. The zero-order valence-electron chi connectivity index (χ0n) is 15.5. The molecular weight excluding hydrogens is 332 g/mol. The van der Waals surface area contributed by atoms with Gasteiger partial charge in [0.2, 0.25) is 0 Å². The van der Waals surface area contributed by atoms with Crippen LogP contribution in [0.5, 0.6) is 0 Å². The van der Waals surface area contributed by atoms with Crippen molar-refractivity contribution in [3.05, 3.63) is 87.3 Å². The Morgan fingerprint density at radius 2 is 1.56 bits per heavy atom. The molecule has 2 nitrogen and oxygen atoms in total.